The standard InChI is InChI=1S/C24H26N6O4/c31-20-9-8-18(22(32)29-20)30-23(33)15-4-3-5-16(21(15)24(30)34)25-10-1-2-11-26-19-12-17(14-6-7-14)27-13-28-19/h3-5,12-14,18,25H,1-2,6-11H2,(H,26,27,28)(H,29,31,32). The zero-order chi connectivity index (χ0) is 23.7. The number of fused-ring (bicyclic) bond motifs is 1. The van der Waals surface area contributed by atoms with Crippen LogP contribution in [0.1, 0.15) is 70.9 Å². The highest BCUT2D eigenvalue weighted by Crippen LogP contribution is 2.39. The number of rotatable bonds is 9. The molecule has 1 aliphatic carbocycles. The zero-order valence-corrected chi connectivity index (χ0v) is 18.7. The van der Waals surface area contributed by atoms with Crippen molar-refractivity contribution in [2.75, 3.05) is 23.7 Å². The van der Waals surface area contributed by atoms with E-state index < -0.39 is 29.7 Å². The molecule has 2 aliphatic heterocycles. The number of piperidine rings is 1. The van der Waals surface area contributed by atoms with E-state index in [9.17, 15) is 19.2 Å². The molecule has 2 aromatic rings. The highest BCUT2D eigenvalue weighted by molar-refractivity contribution is 6.25. The van der Waals surface area contributed by atoms with Crippen molar-refractivity contribution in [2.45, 2.75) is 50.5 Å². The number of hydrogen-bond acceptors (Lipinski definition) is 8. The van der Waals surface area contributed by atoms with Gasteiger partial charge in [0, 0.05) is 42.9 Å². The number of carbonyl (C=O) groups excluding carboxylic acids is 4. The molecule has 1 saturated carbocycles. The molecule has 176 valence electrons. The van der Waals surface area contributed by atoms with Crippen LogP contribution >= 0.6 is 0 Å². The van der Waals surface area contributed by atoms with E-state index in [1.807, 2.05) is 6.07 Å². The maximum Gasteiger partial charge on any atom is 0.264 e. The highest BCUT2D eigenvalue weighted by Gasteiger charge is 2.45. The molecule has 1 saturated heterocycles. The van der Waals surface area contributed by atoms with Crippen LogP contribution in [0.5, 0.6) is 0 Å². The summed E-state index contributed by atoms with van der Waals surface area (Å²) in [5.41, 5.74) is 2.23. The summed E-state index contributed by atoms with van der Waals surface area (Å²) in [4.78, 5) is 59.3. The van der Waals surface area contributed by atoms with Gasteiger partial charge in [-0.15, -0.1) is 0 Å². The summed E-state index contributed by atoms with van der Waals surface area (Å²) in [5, 5.41) is 8.80. The number of carbonyl (C=O) groups is 4. The largest absolute Gasteiger partial charge is 0.384 e. The molecule has 3 heterocycles. The van der Waals surface area contributed by atoms with Gasteiger partial charge in [-0.05, 0) is 44.2 Å². The summed E-state index contributed by atoms with van der Waals surface area (Å²) < 4.78 is 0. The Morgan fingerprint density at radius 3 is 2.53 bits per heavy atom. The van der Waals surface area contributed by atoms with E-state index in [4.69, 9.17) is 0 Å². The zero-order valence-electron chi connectivity index (χ0n) is 18.7. The topological polar surface area (TPSA) is 133 Å². The SMILES string of the molecule is O=C1CCC(N2C(=O)c3cccc(NCCCCNc4cc(C5CC5)ncn4)c3C2=O)C(=O)N1. The lowest BCUT2D eigenvalue weighted by molar-refractivity contribution is -0.136. The molecule has 0 spiro atoms. The second-order valence-corrected chi connectivity index (χ2v) is 8.84. The van der Waals surface area contributed by atoms with E-state index in [2.05, 4.69) is 25.9 Å². The van der Waals surface area contributed by atoms with Crippen molar-refractivity contribution >= 4 is 35.1 Å². The minimum atomic E-state index is -0.966. The fourth-order valence-corrected chi connectivity index (χ4v) is 4.42. The van der Waals surface area contributed by atoms with Crippen molar-refractivity contribution < 1.29 is 19.2 Å². The van der Waals surface area contributed by atoms with Crippen LogP contribution in [0.25, 0.3) is 0 Å². The lowest BCUT2D eigenvalue weighted by atomic mass is 10.0. The molecule has 10 nitrogen and oxygen atoms in total. The Hall–Kier alpha value is -3.82. The van der Waals surface area contributed by atoms with E-state index in [-0.39, 0.29) is 24.0 Å². The number of nitrogens with one attached hydrogen (secondary N) is 3. The minimum Gasteiger partial charge on any atom is -0.384 e. The smallest absolute Gasteiger partial charge is 0.264 e. The van der Waals surface area contributed by atoms with E-state index in [1.165, 1.54) is 12.8 Å². The summed E-state index contributed by atoms with van der Waals surface area (Å²) in [6.45, 7) is 1.38. The van der Waals surface area contributed by atoms with Gasteiger partial charge in [-0.3, -0.25) is 29.4 Å². The molecule has 1 atom stereocenters. The first-order chi connectivity index (χ1) is 16.5. The average Bonchev–Trinajstić information content (AvgIpc) is 3.65. The summed E-state index contributed by atoms with van der Waals surface area (Å²) in [7, 11) is 0. The van der Waals surface area contributed by atoms with E-state index in [0.717, 1.165) is 35.8 Å². The fourth-order valence-electron chi connectivity index (χ4n) is 4.42. The van der Waals surface area contributed by atoms with Crippen molar-refractivity contribution in [2.24, 2.45) is 0 Å². The average molecular weight is 463 g/mol. The van der Waals surface area contributed by atoms with E-state index >= 15 is 0 Å². The lowest BCUT2D eigenvalue weighted by Crippen LogP contribution is -2.54. The van der Waals surface area contributed by atoms with Gasteiger partial charge in [0.05, 0.1) is 11.1 Å². The highest BCUT2D eigenvalue weighted by atomic mass is 16.2. The van der Waals surface area contributed by atoms with Crippen molar-refractivity contribution in [3.05, 3.63) is 47.4 Å². The quantitative estimate of drug-likeness (QED) is 0.381. The van der Waals surface area contributed by atoms with Crippen LogP contribution in [0.2, 0.25) is 0 Å². The van der Waals surface area contributed by atoms with Crippen LogP contribution in [0, 0.1) is 0 Å². The number of imide groups is 2. The molecule has 10 heteroatoms. The van der Waals surface area contributed by atoms with Crippen molar-refractivity contribution in [1.82, 2.24) is 20.2 Å². The van der Waals surface area contributed by atoms with Crippen LogP contribution in [-0.2, 0) is 9.59 Å². The number of benzene rings is 1. The van der Waals surface area contributed by atoms with Gasteiger partial charge in [0.2, 0.25) is 11.8 Å². The summed E-state index contributed by atoms with van der Waals surface area (Å²) in [6, 6.07) is 6.12. The van der Waals surface area contributed by atoms with Crippen LogP contribution < -0.4 is 16.0 Å². The Labute approximate surface area is 196 Å². The molecule has 4 amide bonds. The second-order valence-electron chi connectivity index (χ2n) is 8.84. The predicted molar refractivity (Wildman–Crippen MR) is 123 cm³/mol. The van der Waals surface area contributed by atoms with Crippen LogP contribution in [0.15, 0.2) is 30.6 Å². The Kier molecular flexibility index (Phi) is 5.95. The van der Waals surface area contributed by atoms with Crippen molar-refractivity contribution in [1.29, 1.82) is 0 Å². The van der Waals surface area contributed by atoms with Gasteiger partial charge in [-0.1, -0.05) is 6.07 Å². The van der Waals surface area contributed by atoms with Crippen LogP contribution in [0.3, 0.4) is 0 Å². The predicted octanol–water partition coefficient (Wildman–Crippen LogP) is 2.06. The maximum absolute atomic E-state index is 13.1. The molecule has 1 unspecified atom stereocenters. The maximum atomic E-state index is 13.1. The molecule has 5 rings (SSSR count). The van der Waals surface area contributed by atoms with Gasteiger partial charge in [0.25, 0.3) is 11.8 Å². The normalized spacial score (nSPS) is 19.8. The molecular formula is C24H26N6O4. The molecule has 1 aromatic heterocycles. The monoisotopic (exact) mass is 462 g/mol. The summed E-state index contributed by atoms with van der Waals surface area (Å²) >= 11 is 0. The molecule has 0 bridgehead atoms. The third kappa shape index (κ3) is 4.35. The number of anilines is 2. The molecule has 3 aliphatic rings. The Bertz CT molecular complexity index is 1160. The van der Waals surface area contributed by atoms with E-state index in [1.54, 1.807) is 24.5 Å². The van der Waals surface area contributed by atoms with Gasteiger partial charge < -0.3 is 10.6 Å². The number of aromatic nitrogens is 2. The number of amides is 4. The van der Waals surface area contributed by atoms with Gasteiger partial charge in [0.1, 0.15) is 18.2 Å². The van der Waals surface area contributed by atoms with Crippen molar-refractivity contribution in [3.63, 3.8) is 0 Å². The summed E-state index contributed by atoms with van der Waals surface area (Å²) in [5.74, 6) is -0.588. The third-order valence-corrected chi connectivity index (χ3v) is 6.38. The van der Waals surface area contributed by atoms with Crippen LogP contribution in [-0.4, -0.2) is 57.6 Å². The van der Waals surface area contributed by atoms with Gasteiger partial charge in [-0.25, -0.2) is 9.97 Å². The molecule has 0 radical (unpaired) electrons. The Balaban J connectivity index is 1.15. The third-order valence-electron chi connectivity index (χ3n) is 6.38. The van der Waals surface area contributed by atoms with Gasteiger partial charge in [0.15, 0.2) is 0 Å². The molecule has 2 fully saturated rings. The minimum absolute atomic E-state index is 0.0971. The van der Waals surface area contributed by atoms with Gasteiger partial charge >= 0.3 is 0 Å². The summed E-state index contributed by atoms with van der Waals surface area (Å²) in [6.07, 6.45) is 5.97. The lowest BCUT2D eigenvalue weighted by Gasteiger charge is -2.27. The molecular weight excluding hydrogens is 436 g/mol. The van der Waals surface area contributed by atoms with E-state index in [0.29, 0.717) is 18.2 Å². The molecule has 3 N–H and O–H groups in total. The Morgan fingerprint density at radius 2 is 1.76 bits per heavy atom. The Morgan fingerprint density at radius 1 is 0.971 bits per heavy atom. The first kappa shape index (κ1) is 22.0. The molecule has 1 aromatic carbocycles. The fraction of sp³-hybridized carbons (Fsp3) is 0.417. The first-order valence-corrected chi connectivity index (χ1v) is 11.7. The number of unbranched alkanes of at least 4 members (excludes halogenated alkanes) is 1. The number of nitrogens with zero attached hydrogens (tertiary/aromatic N) is 3. The number of hydrogen-bond donors (Lipinski definition) is 3. The second kappa shape index (κ2) is 9.20. The molecule has 34 heavy (non-hydrogen) atoms. The van der Waals surface area contributed by atoms with Crippen molar-refractivity contribution in [3.8, 4) is 0 Å². The first-order valence-electron chi connectivity index (χ1n) is 11.7. The van der Waals surface area contributed by atoms with Crippen LogP contribution in [0.4, 0.5) is 11.5 Å². The van der Waals surface area contributed by atoms with Gasteiger partial charge in [-0.2, -0.15) is 0 Å².